The van der Waals surface area contributed by atoms with Crippen LogP contribution in [0.25, 0.3) is 0 Å². The molecule has 0 radical (unpaired) electrons. The van der Waals surface area contributed by atoms with E-state index in [9.17, 15) is 8.42 Å². The maximum Gasteiger partial charge on any atom is 0.240 e. The smallest absolute Gasteiger partial charge is 0.240 e. The zero-order valence-corrected chi connectivity index (χ0v) is 12.3. The van der Waals surface area contributed by atoms with Crippen molar-refractivity contribution in [3.8, 4) is 6.07 Å². The molecule has 1 atom stereocenters. The quantitative estimate of drug-likeness (QED) is 0.857. The Balaban J connectivity index is 1.99. The van der Waals surface area contributed by atoms with Crippen molar-refractivity contribution in [3.63, 3.8) is 0 Å². The number of rotatable bonds is 5. The van der Waals surface area contributed by atoms with Gasteiger partial charge in [-0.2, -0.15) is 5.26 Å². The van der Waals surface area contributed by atoms with Crippen LogP contribution >= 0.6 is 0 Å². The summed E-state index contributed by atoms with van der Waals surface area (Å²) in [5.41, 5.74) is 1.17. The lowest BCUT2D eigenvalue weighted by molar-refractivity contribution is 0.539. The zero-order chi connectivity index (χ0) is 14.6. The fourth-order valence-electron chi connectivity index (χ4n) is 2.38. The Labute approximate surface area is 120 Å². The number of hydrogen-bond donors (Lipinski definition) is 2. The first-order chi connectivity index (χ1) is 9.53. The molecule has 20 heavy (non-hydrogen) atoms. The summed E-state index contributed by atoms with van der Waals surface area (Å²) in [7, 11) is -3.49. The summed E-state index contributed by atoms with van der Waals surface area (Å²) >= 11 is 0. The number of nitrogens with one attached hydrogen (secondary N) is 2. The third kappa shape index (κ3) is 3.57. The first-order valence-electron chi connectivity index (χ1n) is 6.77. The molecule has 1 aliphatic heterocycles. The molecule has 1 unspecified atom stereocenters. The second kappa shape index (κ2) is 6.35. The number of nitriles is 1. The molecule has 1 aromatic carbocycles. The van der Waals surface area contributed by atoms with Crippen LogP contribution in [0.4, 0.5) is 0 Å². The van der Waals surface area contributed by atoms with Crippen LogP contribution in [-0.4, -0.2) is 27.5 Å². The standard InChI is InChI=1S/C14H19N3O2S/c1-11-9-14(5-4-12(11)10-15)20(18,19)17-8-6-13-3-2-7-16-13/h4-5,9,13,16-17H,2-3,6-8H2,1H3. The van der Waals surface area contributed by atoms with Gasteiger partial charge in [0.15, 0.2) is 0 Å². The normalized spacial score (nSPS) is 18.9. The highest BCUT2D eigenvalue weighted by Gasteiger charge is 2.17. The Kier molecular flexibility index (Phi) is 4.76. The van der Waals surface area contributed by atoms with E-state index in [1.807, 2.05) is 6.07 Å². The number of aryl methyl sites for hydroxylation is 1. The molecule has 2 N–H and O–H groups in total. The van der Waals surface area contributed by atoms with Crippen molar-refractivity contribution >= 4 is 10.0 Å². The average molecular weight is 293 g/mol. The van der Waals surface area contributed by atoms with Crippen LogP contribution in [0, 0.1) is 18.3 Å². The molecule has 5 nitrogen and oxygen atoms in total. The van der Waals surface area contributed by atoms with Crippen molar-refractivity contribution in [2.75, 3.05) is 13.1 Å². The van der Waals surface area contributed by atoms with Crippen LogP contribution < -0.4 is 10.0 Å². The van der Waals surface area contributed by atoms with Gasteiger partial charge in [-0.05, 0) is 56.5 Å². The molecule has 2 rings (SSSR count). The molecule has 0 aliphatic carbocycles. The van der Waals surface area contributed by atoms with Gasteiger partial charge in [0.05, 0.1) is 16.5 Å². The van der Waals surface area contributed by atoms with Gasteiger partial charge in [-0.25, -0.2) is 13.1 Å². The van der Waals surface area contributed by atoms with E-state index in [4.69, 9.17) is 5.26 Å². The van der Waals surface area contributed by atoms with E-state index in [2.05, 4.69) is 10.0 Å². The summed E-state index contributed by atoms with van der Waals surface area (Å²) in [6.45, 7) is 3.19. The van der Waals surface area contributed by atoms with Crippen molar-refractivity contribution in [1.29, 1.82) is 5.26 Å². The number of hydrogen-bond acceptors (Lipinski definition) is 4. The molecule has 6 heteroatoms. The van der Waals surface area contributed by atoms with E-state index < -0.39 is 10.0 Å². The van der Waals surface area contributed by atoms with Crippen LogP contribution in [0.1, 0.15) is 30.4 Å². The van der Waals surface area contributed by atoms with Gasteiger partial charge in [0, 0.05) is 12.6 Å². The third-order valence-electron chi connectivity index (χ3n) is 3.58. The Hall–Kier alpha value is -1.42. The van der Waals surface area contributed by atoms with Gasteiger partial charge in [-0.15, -0.1) is 0 Å². The molecule has 0 saturated carbocycles. The number of benzene rings is 1. The molecule has 1 aliphatic rings. The van der Waals surface area contributed by atoms with Crippen LogP contribution in [0.2, 0.25) is 0 Å². The molecule has 1 aromatic rings. The van der Waals surface area contributed by atoms with Crippen molar-refractivity contribution in [2.24, 2.45) is 0 Å². The van der Waals surface area contributed by atoms with Gasteiger partial charge in [0.25, 0.3) is 0 Å². The predicted octanol–water partition coefficient (Wildman–Crippen LogP) is 1.29. The minimum atomic E-state index is -3.49. The minimum Gasteiger partial charge on any atom is -0.314 e. The minimum absolute atomic E-state index is 0.216. The Morgan fingerprint density at radius 1 is 1.50 bits per heavy atom. The fraction of sp³-hybridized carbons (Fsp3) is 0.500. The summed E-state index contributed by atoms with van der Waals surface area (Å²) in [5.74, 6) is 0. The summed E-state index contributed by atoms with van der Waals surface area (Å²) in [4.78, 5) is 0.216. The van der Waals surface area contributed by atoms with Crippen LogP contribution in [0.3, 0.4) is 0 Å². The number of nitrogens with zero attached hydrogens (tertiary/aromatic N) is 1. The largest absolute Gasteiger partial charge is 0.314 e. The molecule has 0 bridgehead atoms. The molecule has 1 saturated heterocycles. The molecule has 0 amide bonds. The monoisotopic (exact) mass is 293 g/mol. The maximum absolute atomic E-state index is 12.1. The first kappa shape index (κ1) is 15.0. The zero-order valence-electron chi connectivity index (χ0n) is 11.5. The lowest BCUT2D eigenvalue weighted by Gasteiger charge is -2.11. The van der Waals surface area contributed by atoms with E-state index in [1.165, 1.54) is 12.1 Å². The topological polar surface area (TPSA) is 82.0 Å². The lowest BCUT2D eigenvalue weighted by Crippen LogP contribution is -2.30. The molecular formula is C14H19N3O2S. The van der Waals surface area contributed by atoms with E-state index >= 15 is 0 Å². The van der Waals surface area contributed by atoms with Crippen molar-refractivity contribution in [3.05, 3.63) is 29.3 Å². The van der Waals surface area contributed by atoms with Crippen molar-refractivity contribution in [2.45, 2.75) is 37.1 Å². The molecular weight excluding hydrogens is 274 g/mol. The maximum atomic E-state index is 12.1. The summed E-state index contributed by atoms with van der Waals surface area (Å²) < 4.78 is 26.9. The second-order valence-electron chi connectivity index (χ2n) is 5.07. The second-order valence-corrected chi connectivity index (χ2v) is 6.84. The molecule has 108 valence electrons. The predicted molar refractivity (Wildman–Crippen MR) is 76.7 cm³/mol. The highest BCUT2D eigenvalue weighted by Crippen LogP contribution is 2.15. The SMILES string of the molecule is Cc1cc(S(=O)(=O)NCCC2CCCN2)ccc1C#N. The molecule has 0 aromatic heterocycles. The number of sulfonamides is 1. The Morgan fingerprint density at radius 3 is 2.90 bits per heavy atom. The average Bonchev–Trinajstić information content (AvgIpc) is 2.91. The van der Waals surface area contributed by atoms with Gasteiger partial charge in [-0.1, -0.05) is 0 Å². The molecule has 0 spiro atoms. The summed E-state index contributed by atoms with van der Waals surface area (Å²) in [6.07, 6.45) is 3.07. The van der Waals surface area contributed by atoms with Crippen LogP contribution in [-0.2, 0) is 10.0 Å². The van der Waals surface area contributed by atoms with Crippen LogP contribution in [0.5, 0.6) is 0 Å². The summed E-state index contributed by atoms with van der Waals surface area (Å²) in [5, 5.41) is 12.2. The highest BCUT2D eigenvalue weighted by atomic mass is 32.2. The first-order valence-corrected chi connectivity index (χ1v) is 8.25. The summed E-state index contributed by atoms with van der Waals surface area (Å²) in [6, 6.07) is 7.00. The lowest BCUT2D eigenvalue weighted by atomic mass is 10.1. The van der Waals surface area contributed by atoms with Gasteiger partial charge in [0.1, 0.15) is 0 Å². The Bertz CT molecular complexity index is 614. The van der Waals surface area contributed by atoms with Gasteiger partial charge in [0.2, 0.25) is 10.0 Å². The van der Waals surface area contributed by atoms with Gasteiger partial charge < -0.3 is 5.32 Å². The molecule has 1 heterocycles. The van der Waals surface area contributed by atoms with E-state index in [-0.39, 0.29) is 4.90 Å². The van der Waals surface area contributed by atoms with Crippen molar-refractivity contribution in [1.82, 2.24) is 10.0 Å². The third-order valence-corrected chi connectivity index (χ3v) is 5.03. The van der Waals surface area contributed by atoms with E-state index in [0.29, 0.717) is 23.7 Å². The van der Waals surface area contributed by atoms with E-state index in [1.54, 1.807) is 13.0 Å². The van der Waals surface area contributed by atoms with Gasteiger partial charge in [-0.3, -0.25) is 0 Å². The van der Waals surface area contributed by atoms with E-state index in [0.717, 1.165) is 25.8 Å². The van der Waals surface area contributed by atoms with Crippen LogP contribution in [0.15, 0.2) is 23.1 Å². The van der Waals surface area contributed by atoms with Gasteiger partial charge >= 0.3 is 0 Å². The van der Waals surface area contributed by atoms with Crippen molar-refractivity contribution < 1.29 is 8.42 Å². The fourth-order valence-corrected chi connectivity index (χ4v) is 3.52. The molecule has 1 fully saturated rings. The Morgan fingerprint density at radius 2 is 2.30 bits per heavy atom. The highest BCUT2D eigenvalue weighted by molar-refractivity contribution is 7.89.